The third-order valence-electron chi connectivity index (χ3n) is 7.32. The molecule has 4 aromatic rings. The van der Waals surface area contributed by atoms with Gasteiger partial charge in [0, 0.05) is 37.3 Å². The van der Waals surface area contributed by atoms with E-state index < -0.39 is 0 Å². The van der Waals surface area contributed by atoms with Gasteiger partial charge in [0.15, 0.2) is 11.3 Å². The van der Waals surface area contributed by atoms with Gasteiger partial charge in [-0.3, -0.25) is 9.67 Å². The van der Waals surface area contributed by atoms with Crippen LogP contribution in [0.1, 0.15) is 63.0 Å². The Kier molecular flexibility index (Phi) is 8.11. The predicted octanol–water partition coefficient (Wildman–Crippen LogP) is 4.03. The van der Waals surface area contributed by atoms with Crippen LogP contribution in [0, 0.1) is 0 Å². The molecule has 1 aromatic carbocycles. The summed E-state index contributed by atoms with van der Waals surface area (Å²) in [6, 6.07) is 9.17. The first-order chi connectivity index (χ1) is 18.2. The lowest BCUT2D eigenvalue weighted by Crippen LogP contribution is -2.30. The molecule has 196 valence electrons. The van der Waals surface area contributed by atoms with Gasteiger partial charge < -0.3 is 21.1 Å². The topological polar surface area (TPSA) is 118 Å². The number of benzene rings is 1. The molecule has 9 nitrogen and oxygen atoms in total. The number of nitrogens with zero attached hydrogens (tertiary/aromatic N) is 6. The fourth-order valence-corrected chi connectivity index (χ4v) is 5.36. The highest BCUT2D eigenvalue weighted by molar-refractivity contribution is 5.87. The van der Waals surface area contributed by atoms with E-state index in [4.69, 9.17) is 15.8 Å². The molecule has 0 spiro atoms. The lowest BCUT2D eigenvalue weighted by atomic mass is 9.95. The zero-order valence-corrected chi connectivity index (χ0v) is 21.7. The van der Waals surface area contributed by atoms with Crippen molar-refractivity contribution in [3.05, 3.63) is 47.8 Å². The van der Waals surface area contributed by atoms with Crippen LogP contribution in [0.2, 0.25) is 0 Å². The minimum Gasteiger partial charge on any atom is -0.395 e. The second-order valence-corrected chi connectivity index (χ2v) is 10.0. The second kappa shape index (κ2) is 11.8. The Labute approximate surface area is 218 Å². The number of anilines is 2. The largest absolute Gasteiger partial charge is 0.395 e. The summed E-state index contributed by atoms with van der Waals surface area (Å²) in [6.45, 7) is 4.86. The van der Waals surface area contributed by atoms with Gasteiger partial charge in [-0.2, -0.15) is 10.1 Å². The fourth-order valence-electron chi connectivity index (χ4n) is 5.36. The predicted molar refractivity (Wildman–Crippen MR) is 148 cm³/mol. The van der Waals surface area contributed by atoms with Crippen molar-refractivity contribution in [2.45, 2.75) is 71.0 Å². The molecule has 1 aliphatic carbocycles. The average Bonchev–Trinajstić information content (AvgIpc) is 3.33. The van der Waals surface area contributed by atoms with Crippen LogP contribution in [0.3, 0.4) is 0 Å². The number of rotatable bonds is 11. The maximum atomic E-state index is 9.62. The molecular formula is C28H38N8O. The molecule has 1 saturated carbocycles. The Morgan fingerprint density at radius 1 is 1.08 bits per heavy atom. The average molecular weight is 503 g/mol. The Hall–Kier alpha value is -3.30. The quantitative estimate of drug-likeness (QED) is 0.281. The van der Waals surface area contributed by atoms with Gasteiger partial charge in [-0.25, -0.2) is 4.98 Å². The zero-order chi connectivity index (χ0) is 25.6. The molecule has 9 heteroatoms. The number of hydrogen-bond donors (Lipinski definition) is 3. The summed E-state index contributed by atoms with van der Waals surface area (Å²) in [5.74, 6) is 0.888. The minimum absolute atomic E-state index is 0.0371. The van der Waals surface area contributed by atoms with Crippen LogP contribution in [0.4, 0.5) is 11.8 Å². The van der Waals surface area contributed by atoms with E-state index in [1.165, 1.54) is 43.1 Å². The molecule has 0 amide bonds. The number of nitrogens with one attached hydrogen (secondary N) is 1. The first-order valence-corrected chi connectivity index (χ1v) is 13.6. The molecule has 37 heavy (non-hydrogen) atoms. The molecule has 1 fully saturated rings. The highest BCUT2D eigenvalue weighted by atomic mass is 16.3. The number of nitrogen functional groups attached to an aromatic ring is 1. The molecule has 3 aromatic heterocycles. The molecule has 0 radical (unpaired) electrons. The fraction of sp³-hybridized carbons (Fsp3) is 0.500. The molecule has 0 bridgehead atoms. The number of unbranched alkanes of at least 4 members (excludes halogenated alkanes) is 1. The Bertz CT molecular complexity index is 1330. The van der Waals surface area contributed by atoms with Gasteiger partial charge in [-0.05, 0) is 36.5 Å². The number of hydrogen-bond acceptors (Lipinski definition) is 8. The van der Waals surface area contributed by atoms with E-state index >= 15 is 0 Å². The van der Waals surface area contributed by atoms with E-state index in [1.807, 2.05) is 28.0 Å². The van der Waals surface area contributed by atoms with Gasteiger partial charge in [0.1, 0.15) is 5.52 Å². The van der Waals surface area contributed by atoms with E-state index in [9.17, 15) is 5.11 Å². The molecule has 3 heterocycles. The van der Waals surface area contributed by atoms with Gasteiger partial charge >= 0.3 is 0 Å². The van der Waals surface area contributed by atoms with Gasteiger partial charge in [-0.1, -0.05) is 50.8 Å². The molecule has 0 atom stereocenters. The standard InChI is InChI=1S/C28H38N8O/c1-2-3-14-35(15-16-37)27-26-24(32-28(29)33-27)19-36(34-26)18-21-12-11-20(23-10-7-13-30-25(21)23)17-31-22-8-5-4-6-9-22/h7,10-13,19,22,31,37H,2-6,8-9,14-18H2,1H3,(H2,29,32). The van der Waals surface area contributed by atoms with Crippen molar-refractivity contribution < 1.29 is 5.11 Å². The van der Waals surface area contributed by atoms with Gasteiger partial charge in [0.2, 0.25) is 5.95 Å². The molecule has 5 rings (SSSR count). The highest BCUT2D eigenvalue weighted by Gasteiger charge is 2.18. The third-order valence-corrected chi connectivity index (χ3v) is 7.32. The lowest BCUT2D eigenvalue weighted by Gasteiger charge is -2.23. The smallest absolute Gasteiger partial charge is 0.222 e. The number of aliphatic hydroxyl groups excluding tert-OH is 1. The summed E-state index contributed by atoms with van der Waals surface area (Å²) in [5.41, 5.74) is 10.8. The molecule has 0 aliphatic heterocycles. The van der Waals surface area contributed by atoms with Crippen LogP contribution in [0.15, 0.2) is 36.7 Å². The summed E-state index contributed by atoms with van der Waals surface area (Å²) in [7, 11) is 0. The molecule has 4 N–H and O–H groups in total. The Morgan fingerprint density at radius 3 is 2.73 bits per heavy atom. The SMILES string of the molecule is CCCCN(CCO)c1nc(N)nc2cn(Cc3ccc(CNC4CCCCC4)c4cccnc34)nc12. The summed E-state index contributed by atoms with van der Waals surface area (Å²) >= 11 is 0. The van der Waals surface area contributed by atoms with E-state index in [-0.39, 0.29) is 12.6 Å². The number of pyridine rings is 1. The van der Waals surface area contributed by atoms with E-state index in [2.05, 4.69) is 40.4 Å². The van der Waals surface area contributed by atoms with Crippen molar-refractivity contribution in [1.29, 1.82) is 0 Å². The van der Waals surface area contributed by atoms with Crippen LogP contribution in [0.25, 0.3) is 21.9 Å². The highest BCUT2D eigenvalue weighted by Crippen LogP contribution is 2.26. The summed E-state index contributed by atoms with van der Waals surface area (Å²) < 4.78 is 1.89. The molecule has 1 aliphatic rings. The van der Waals surface area contributed by atoms with Gasteiger partial charge in [0.25, 0.3) is 0 Å². The summed E-state index contributed by atoms with van der Waals surface area (Å²) in [5, 5.41) is 19.4. The van der Waals surface area contributed by atoms with Gasteiger partial charge in [-0.15, -0.1) is 0 Å². The van der Waals surface area contributed by atoms with E-state index in [0.717, 1.165) is 37.0 Å². The van der Waals surface area contributed by atoms with Crippen molar-refractivity contribution in [3.63, 3.8) is 0 Å². The molecule has 0 unspecified atom stereocenters. The van der Waals surface area contributed by atoms with Crippen LogP contribution >= 0.6 is 0 Å². The summed E-state index contributed by atoms with van der Waals surface area (Å²) in [6.07, 6.45) is 12.4. The molecule has 0 saturated heterocycles. The van der Waals surface area contributed by atoms with Crippen molar-refractivity contribution in [2.75, 3.05) is 30.3 Å². The van der Waals surface area contributed by atoms with Crippen LogP contribution in [-0.4, -0.2) is 55.6 Å². The van der Waals surface area contributed by atoms with E-state index in [1.54, 1.807) is 0 Å². The van der Waals surface area contributed by atoms with Crippen LogP contribution in [0.5, 0.6) is 0 Å². The van der Waals surface area contributed by atoms with Crippen molar-refractivity contribution in [2.24, 2.45) is 0 Å². The number of aliphatic hydroxyl groups is 1. The van der Waals surface area contributed by atoms with Crippen molar-refractivity contribution in [1.82, 2.24) is 30.0 Å². The van der Waals surface area contributed by atoms with E-state index in [0.29, 0.717) is 36.0 Å². The van der Waals surface area contributed by atoms with Crippen LogP contribution in [-0.2, 0) is 13.1 Å². The number of nitrogens with two attached hydrogens (primary N) is 1. The maximum absolute atomic E-state index is 9.62. The second-order valence-electron chi connectivity index (χ2n) is 10.0. The third kappa shape index (κ3) is 5.83. The number of fused-ring (bicyclic) bond motifs is 2. The molecular weight excluding hydrogens is 464 g/mol. The monoisotopic (exact) mass is 502 g/mol. The minimum atomic E-state index is 0.0371. The number of aromatic nitrogens is 5. The van der Waals surface area contributed by atoms with Crippen molar-refractivity contribution in [3.8, 4) is 0 Å². The summed E-state index contributed by atoms with van der Waals surface area (Å²) in [4.78, 5) is 15.7. The first-order valence-electron chi connectivity index (χ1n) is 13.6. The first kappa shape index (κ1) is 25.4. The normalized spacial score (nSPS) is 14.5. The van der Waals surface area contributed by atoms with Crippen LogP contribution < -0.4 is 16.0 Å². The lowest BCUT2D eigenvalue weighted by molar-refractivity contribution is 0.301. The Morgan fingerprint density at radius 2 is 1.92 bits per heavy atom. The Balaban J connectivity index is 1.43. The van der Waals surface area contributed by atoms with Crippen molar-refractivity contribution >= 4 is 33.7 Å². The van der Waals surface area contributed by atoms with Gasteiger partial charge in [0.05, 0.1) is 24.9 Å². The maximum Gasteiger partial charge on any atom is 0.222 e. The zero-order valence-electron chi connectivity index (χ0n) is 21.7.